The van der Waals surface area contributed by atoms with Gasteiger partial charge in [-0.1, -0.05) is 41.9 Å². The van der Waals surface area contributed by atoms with Crippen LogP contribution in [0.4, 0.5) is 16.4 Å². The fourth-order valence-corrected chi connectivity index (χ4v) is 5.61. The van der Waals surface area contributed by atoms with E-state index in [-0.39, 0.29) is 0 Å². The highest BCUT2D eigenvalue weighted by molar-refractivity contribution is 7.16. The van der Waals surface area contributed by atoms with Gasteiger partial charge in [0.1, 0.15) is 10.8 Å². The SMILES string of the molecule is Cc1cc2c(s1)Nc1ccccc1N=C2N1CCN(C)[C@@H](CCc2ccccc2Cl)C1. The van der Waals surface area contributed by atoms with E-state index in [1.807, 2.05) is 12.1 Å². The van der Waals surface area contributed by atoms with Gasteiger partial charge in [-0.25, -0.2) is 4.99 Å². The van der Waals surface area contributed by atoms with E-state index in [2.05, 4.69) is 71.6 Å². The summed E-state index contributed by atoms with van der Waals surface area (Å²) in [5.74, 6) is 1.09. The summed E-state index contributed by atoms with van der Waals surface area (Å²) in [6.45, 7) is 5.14. The molecule has 0 unspecified atom stereocenters. The van der Waals surface area contributed by atoms with Crippen LogP contribution < -0.4 is 5.32 Å². The number of aryl methyl sites for hydroxylation is 2. The van der Waals surface area contributed by atoms with Gasteiger partial charge in [-0.2, -0.15) is 0 Å². The molecule has 0 radical (unpaired) electrons. The molecule has 0 saturated carbocycles. The Hall–Kier alpha value is -2.34. The Balaban J connectivity index is 1.42. The van der Waals surface area contributed by atoms with Crippen LogP contribution in [-0.2, 0) is 6.42 Å². The molecule has 6 heteroatoms. The number of hydrogen-bond donors (Lipinski definition) is 1. The highest BCUT2D eigenvalue weighted by Gasteiger charge is 2.30. The van der Waals surface area contributed by atoms with E-state index >= 15 is 0 Å². The summed E-state index contributed by atoms with van der Waals surface area (Å²) in [6.07, 6.45) is 2.07. The van der Waals surface area contributed by atoms with Gasteiger partial charge in [0.15, 0.2) is 0 Å². The molecule has 1 fully saturated rings. The lowest BCUT2D eigenvalue weighted by molar-refractivity contribution is 0.134. The lowest BCUT2D eigenvalue weighted by atomic mass is 10.0. The van der Waals surface area contributed by atoms with Gasteiger partial charge in [0.25, 0.3) is 0 Å². The predicted molar refractivity (Wildman–Crippen MR) is 133 cm³/mol. The lowest BCUT2D eigenvalue weighted by Gasteiger charge is -2.41. The fraction of sp³-hybridized carbons (Fsp3) is 0.320. The van der Waals surface area contributed by atoms with E-state index < -0.39 is 0 Å². The van der Waals surface area contributed by atoms with Gasteiger partial charge in [-0.3, -0.25) is 4.90 Å². The summed E-state index contributed by atoms with van der Waals surface area (Å²) in [4.78, 5) is 11.4. The van der Waals surface area contributed by atoms with Gasteiger partial charge in [0, 0.05) is 35.6 Å². The average molecular weight is 451 g/mol. The van der Waals surface area contributed by atoms with Crippen molar-refractivity contribution in [3.8, 4) is 0 Å². The van der Waals surface area contributed by atoms with Crippen LogP contribution >= 0.6 is 22.9 Å². The number of amidine groups is 1. The molecule has 2 aliphatic rings. The zero-order chi connectivity index (χ0) is 21.4. The fourth-order valence-electron chi connectivity index (χ4n) is 4.46. The molecule has 2 aliphatic heterocycles. The van der Waals surface area contributed by atoms with Gasteiger partial charge in [-0.15, -0.1) is 11.3 Å². The number of piperazine rings is 1. The molecule has 0 spiro atoms. The first-order chi connectivity index (χ1) is 15.1. The zero-order valence-corrected chi connectivity index (χ0v) is 19.5. The van der Waals surface area contributed by atoms with Crippen molar-refractivity contribution in [1.82, 2.24) is 9.80 Å². The molecular weight excluding hydrogens is 424 g/mol. The second kappa shape index (κ2) is 8.65. The third-order valence-electron chi connectivity index (χ3n) is 6.26. The maximum atomic E-state index is 6.40. The first-order valence-corrected chi connectivity index (χ1v) is 12.0. The van der Waals surface area contributed by atoms with Crippen LogP contribution in [0.15, 0.2) is 59.6 Å². The minimum Gasteiger partial charge on any atom is -0.353 e. The van der Waals surface area contributed by atoms with Crippen molar-refractivity contribution in [3.63, 3.8) is 0 Å². The number of likely N-dealkylation sites (N-methyl/N-ethyl adjacent to an activating group) is 1. The highest BCUT2D eigenvalue weighted by atomic mass is 35.5. The van der Waals surface area contributed by atoms with Crippen LogP contribution in [0.25, 0.3) is 0 Å². The number of rotatable bonds is 3. The zero-order valence-electron chi connectivity index (χ0n) is 17.9. The number of hydrogen-bond acceptors (Lipinski definition) is 5. The van der Waals surface area contributed by atoms with Gasteiger partial charge in [0.05, 0.1) is 16.9 Å². The van der Waals surface area contributed by atoms with Crippen molar-refractivity contribution in [2.24, 2.45) is 4.99 Å². The second-order valence-corrected chi connectivity index (χ2v) is 10.1. The Kier molecular flexibility index (Phi) is 5.74. The summed E-state index contributed by atoms with van der Waals surface area (Å²) < 4.78 is 0. The van der Waals surface area contributed by atoms with Crippen molar-refractivity contribution in [2.45, 2.75) is 25.8 Å². The van der Waals surface area contributed by atoms with Gasteiger partial charge >= 0.3 is 0 Å². The second-order valence-electron chi connectivity index (χ2n) is 8.39. The van der Waals surface area contributed by atoms with Gasteiger partial charge in [-0.05, 0) is 56.6 Å². The summed E-state index contributed by atoms with van der Waals surface area (Å²) in [5.41, 5.74) is 4.53. The topological polar surface area (TPSA) is 30.9 Å². The molecule has 0 aliphatic carbocycles. The quantitative estimate of drug-likeness (QED) is 0.523. The van der Waals surface area contributed by atoms with Gasteiger partial charge in [0.2, 0.25) is 0 Å². The van der Waals surface area contributed by atoms with Crippen molar-refractivity contribution in [2.75, 3.05) is 32.0 Å². The number of anilines is 2. The van der Waals surface area contributed by atoms with Crippen LogP contribution in [0.3, 0.4) is 0 Å². The number of thiophene rings is 1. The van der Waals surface area contributed by atoms with Crippen LogP contribution in [0.1, 0.15) is 22.4 Å². The van der Waals surface area contributed by atoms with Crippen LogP contribution in [0.2, 0.25) is 5.02 Å². The highest BCUT2D eigenvalue weighted by Crippen LogP contribution is 2.39. The molecule has 2 aromatic carbocycles. The minimum atomic E-state index is 0.461. The molecule has 0 bridgehead atoms. The monoisotopic (exact) mass is 450 g/mol. The number of benzene rings is 2. The maximum Gasteiger partial charge on any atom is 0.139 e. The molecule has 4 nitrogen and oxygen atoms in total. The molecule has 5 rings (SSSR count). The smallest absolute Gasteiger partial charge is 0.139 e. The van der Waals surface area contributed by atoms with E-state index in [1.54, 1.807) is 11.3 Å². The first-order valence-electron chi connectivity index (χ1n) is 10.8. The van der Waals surface area contributed by atoms with E-state index in [0.29, 0.717) is 6.04 Å². The molecule has 3 aromatic rings. The molecule has 31 heavy (non-hydrogen) atoms. The molecule has 160 valence electrons. The number of para-hydroxylation sites is 2. The Bertz CT molecular complexity index is 1120. The van der Waals surface area contributed by atoms with Crippen LogP contribution in [0, 0.1) is 6.92 Å². The van der Waals surface area contributed by atoms with Crippen molar-refractivity contribution < 1.29 is 0 Å². The molecule has 0 amide bonds. The lowest BCUT2D eigenvalue weighted by Crippen LogP contribution is -2.53. The Labute approximate surface area is 193 Å². The summed E-state index contributed by atoms with van der Waals surface area (Å²) in [5, 5.41) is 5.67. The normalized spacial score (nSPS) is 18.6. The number of nitrogens with zero attached hydrogens (tertiary/aromatic N) is 3. The third-order valence-corrected chi connectivity index (χ3v) is 7.59. The van der Waals surface area contributed by atoms with E-state index in [9.17, 15) is 0 Å². The van der Waals surface area contributed by atoms with Crippen molar-refractivity contribution >= 4 is 45.1 Å². The number of halogens is 1. The van der Waals surface area contributed by atoms with Crippen molar-refractivity contribution in [1.29, 1.82) is 0 Å². The molecule has 1 saturated heterocycles. The maximum absolute atomic E-state index is 6.40. The Morgan fingerprint density at radius 1 is 1.13 bits per heavy atom. The Morgan fingerprint density at radius 2 is 1.94 bits per heavy atom. The Morgan fingerprint density at radius 3 is 2.81 bits per heavy atom. The summed E-state index contributed by atoms with van der Waals surface area (Å²) in [7, 11) is 2.24. The summed E-state index contributed by atoms with van der Waals surface area (Å²) >= 11 is 8.21. The third kappa shape index (κ3) is 4.22. The molecule has 1 aromatic heterocycles. The molecule has 1 atom stereocenters. The standard InChI is InChI=1S/C25H27ClN4S/c1-17-15-20-24(27-22-9-5-6-10-23(22)28-25(20)31-17)30-14-13-29(2)19(16-30)12-11-18-7-3-4-8-21(18)26/h3-10,15,19,28H,11-14,16H2,1-2H3/t19-/m0/s1. The van der Waals surface area contributed by atoms with E-state index in [0.717, 1.165) is 54.7 Å². The average Bonchev–Trinajstić information content (AvgIpc) is 3.06. The summed E-state index contributed by atoms with van der Waals surface area (Å²) in [6, 6.07) is 19.3. The molecule has 3 heterocycles. The predicted octanol–water partition coefficient (Wildman–Crippen LogP) is 6.09. The first kappa shape index (κ1) is 20.6. The minimum absolute atomic E-state index is 0.461. The van der Waals surface area contributed by atoms with Crippen molar-refractivity contribution in [3.05, 3.63) is 75.6 Å². The van der Waals surface area contributed by atoms with E-state index in [4.69, 9.17) is 16.6 Å². The van der Waals surface area contributed by atoms with E-state index in [1.165, 1.54) is 21.0 Å². The largest absolute Gasteiger partial charge is 0.353 e. The van der Waals surface area contributed by atoms with Gasteiger partial charge < -0.3 is 10.2 Å². The molecular formula is C25H27ClN4S. The number of aliphatic imine (C=N–C) groups is 1. The number of fused-ring (bicyclic) bond motifs is 2. The molecule has 1 N–H and O–H groups in total. The number of nitrogens with one attached hydrogen (secondary N) is 1. The van der Waals surface area contributed by atoms with Crippen LogP contribution in [-0.4, -0.2) is 48.4 Å². The van der Waals surface area contributed by atoms with Crippen LogP contribution in [0.5, 0.6) is 0 Å².